The SMILES string of the molecule is NCCSc1ccc(-c2cccc(C=O)c2N)c(/C(N)=N/NN)c1S(N)(=O)=O. The Labute approximate surface area is 166 Å². The number of nitrogens with two attached hydrogens (primary N) is 5. The number of para-hydroxylation sites is 1. The number of nitrogens with zero attached hydrogens (tertiary/aromatic N) is 1. The maximum atomic E-state index is 12.4. The van der Waals surface area contributed by atoms with Gasteiger partial charge in [-0.15, -0.1) is 16.9 Å². The molecule has 12 heteroatoms. The van der Waals surface area contributed by atoms with E-state index in [1.165, 1.54) is 17.8 Å². The number of anilines is 1. The third kappa shape index (κ3) is 4.43. The number of amidine groups is 1. The Bertz CT molecular complexity index is 1020. The molecule has 0 aliphatic carbocycles. The molecule has 10 nitrogen and oxygen atoms in total. The van der Waals surface area contributed by atoms with E-state index >= 15 is 0 Å². The molecule has 0 radical (unpaired) electrons. The Morgan fingerprint density at radius 1 is 1.21 bits per heavy atom. The van der Waals surface area contributed by atoms with Gasteiger partial charge in [0, 0.05) is 33.9 Å². The summed E-state index contributed by atoms with van der Waals surface area (Å²) in [6, 6.07) is 7.99. The van der Waals surface area contributed by atoms with E-state index in [-0.39, 0.29) is 27.5 Å². The Balaban J connectivity index is 2.95. The third-order valence-electron chi connectivity index (χ3n) is 3.78. The molecule has 0 fully saturated rings. The topological polar surface area (TPSA) is 206 Å². The van der Waals surface area contributed by atoms with E-state index in [1.54, 1.807) is 24.3 Å². The van der Waals surface area contributed by atoms with Crippen molar-refractivity contribution in [1.29, 1.82) is 0 Å². The Kier molecular flexibility index (Phi) is 6.99. The van der Waals surface area contributed by atoms with E-state index in [9.17, 15) is 13.2 Å². The van der Waals surface area contributed by atoms with Crippen LogP contribution in [0.15, 0.2) is 45.2 Å². The van der Waals surface area contributed by atoms with E-state index in [2.05, 4.69) is 5.10 Å². The number of rotatable bonds is 8. The first-order chi connectivity index (χ1) is 13.3. The van der Waals surface area contributed by atoms with Crippen LogP contribution >= 0.6 is 11.8 Å². The summed E-state index contributed by atoms with van der Waals surface area (Å²) in [5.74, 6) is 5.46. The number of carbonyl (C=O) groups excluding carboxylic acids is 1. The number of hydrogen-bond acceptors (Lipinski definition) is 9. The van der Waals surface area contributed by atoms with Crippen LogP contribution in [0.1, 0.15) is 15.9 Å². The number of aldehydes is 1. The molecule has 0 amide bonds. The third-order valence-corrected chi connectivity index (χ3v) is 5.99. The molecule has 0 spiro atoms. The standard InChI is InChI=1S/C16H21N7O3S2/c17-6-7-27-12-5-4-10(11-3-1-2-9(8-24)14(11)18)13(16(19)22-23-20)15(12)28(21,25)26/h1-5,8,23H,6-7,17-18,20H2,(H2,19,22)(H2,21,25,26). The molecule has 150 valence electrons. The number of thioether (sulfide) groups is 1. The molecular formula is C16H21N7O3S2. The summed E-state index contributed by atoms with van der Waals surface area (Å²) in [6.45, 7) is 0.327. The Hall–Kier alpha value is -2.64. The monoisotopic (exact) mass is 423 g/mol. The van der Waals surface area contributed by atoms with Gasteiger partial charge in [-0.25, -0.2) is 24.9 Å². The van der Waals surface area contributed by atoms with Crippen molar-refractivity contribution in [2.75, 3.05) is 18.0 Å². The van der Waals surface area contributed by atoms with Crippen LogP contribution in [0.4, 0.5) is 5.69 Å². The molecule has 0 aromatic heterocycles. The minimum absolute atomic E-state index is 0.0252. The van der Waals surface area contributed by atoms with E-state index in [0.717, 1.165) is 0 Å². The molecule has 0 bridgehead atoms. The zero-order valence-corrected chi connectivity index (χ0v) is 16.4. The van der Waals surface area contributed by atoms with Gasteiger partial charge in [-0.2, -0.15) is 0 Å². The lowest BCUT2D eigenvalue weighted by atomic mass is 9.95. The second kappa shape index (κ2) is 9.03. The van der Waals surface area contributed by atoms with E-state index in [1.807, 2.05) is 5.53 Å². The molecule has 2 aromatic rings. The smallest absolute Gasteiger partial charge is 0.239 e. The maximum Gasteiger partial charge on any atom is 0.239 e. The highest BCUT2D eigenvalue weighted by Crippen LogP contribution is 2.38. The quantitative estimate of drug-likeness (QED) is 0.0616. The van der Waals surface area contributed by atoms with Crippen LogP contribution in [0.5, 0.6) is 0 Å². The van der Waals surface area contributed by atoms with Crippen LogP contribution in [0.25, 0.3) is 11.1 Å². The fraction of sp³-hybridized carbons (Fsp3) is 0.125. The number of primary sulfonamides is 1. The van der Waals surface area contributed by atoms with Crippen molar-refractivity contribution in [3.05, 3.63) is 41.5 Å². The second-order valence-corrected chi connectivity index (χ2v) is 8.19. The predicted molar refractivity (Wildman–Crippen MR) is 111 cm³/mol. The normalized spacial score (nSPS) is 12.0. The highest BCUT2D eigenvalue weighted by atomic mass is 32.2. The van der Waals surface area contributed by atoms with Crippen LogP contribution in [0.2, 0.25) is 0 Å². The molecule has 2 rings (SSSR count). The summed E-state index contributed by atoms with van der Waals surface area (Å²) < 4.78 is 24.8. The minimum Gasteiger partial charge on any atom is -0.398 e. The molecule has 0 aliphatic heterocycles. The lowest BCUT2D eigenvalue weighted by molar-refractivity contribution is 0.112. The second-order valence-electron chi connectivity index (χ2n) is 5.55. The van der Waals surface area contributed by atoms with Gasteiger partial charge in [0.25, 0.3) is 0 Å². The summed E-state index contributed by atoms with van der Waals surface area (Å²) in [4.78, 5) is 11.4. The largest absolute Gasteiger partial charge is 0.398 e. The molecule has 11 N–H and O–H groups in total. The summed E-state index contributed by atoms with van der Waals surface area (Å²) >= 11 is 1.21. The zero-order chi connectivity index (χ0) is 20.9. The van der Waals surface area contributed by atoms with Crippen LogP contribution in [-0.2, 0) is 10.0 Å². The first-order valence-corrected chi connectivity index (χ1v) is 10.4. The average Bonchev–Trinajstić information content (AvgIpc) is 2.65. The number of hydrazine groups is 1. The summed E-state index contributed by atoms with van der Waals surface area (Å²) in [7, 11) is -4.22. The maximum absolute atomic E-state index is 12.4. The summed E-state index contributed by atoms with van der Waals surface area (Å²) in [5, 5.41) is 9.19. The number of sulfonamides is 1. The van der Waals surface area contributed by atoms with E-state index in [4.69, 9.17) is 28.2 Å². The van der Waals surface area contributed by atoms with Gasteiger partial charge in [0.1, 0.15) is 4.90 Å². The van der Waals surface area contributed by atoms with Crippen molar-refractivity contribution in [2.24, 2.45) is 27.6 Å². The molecule has 2 aromatic carbocycles. The molecule has 0 atom stereocenters. The van der Waals surface area contributed by atoms with Gasteiger partial charge in [-0.05, 0) is 17.7 Å². The van der Waals surface area contributed by atoms with E-state index in [0.29, 0.717) is 34.6 Å². The minimum atomic E-state index is -4.22. The Morgan fingerprint density at radius 3 is 2.50 bits per heavy atom. The van der Waals surface area contributed by atoms with Crippen molar-refractivity contribution in [3.8, 4) is 11.1 Å². The molecular weight excluding hydrogens is 402 g/mol. The van der Waals surface area contributed by atoms with Crippen LogP contribution in [-0.4, -0.2) is 32.8 Å². The lowest BCUT2D eigenvalue weighted by Crippen LogP contribution is -2.27. The number of benzene rings is 2. The lowest BCUT2D eigenvalue weighted by Gasteiger charge is -2.18. The Morgan fingerprint density at radius 2 is 1.93 bits per heavy atom. The predicted octanol–water partition coefficient (Wildman–Crippen LogP) is -0.470. The van der Waals surface area contributed by atoms with Crippen molar-refractivity contribution >= 4 is 39.6 Å². The van der Waals surface area contributed by atoms with Gasteiger partial charge in [0.15, 0.2) is 12.1 Å². The van der Waals surface area contributed by atoms with E-state index < -0.39 is 10.0 Å². The number of hydrogen-bond donors (Lipinski definition) is 6. The summed E-state index contributed by atoms with van der Waals surface area (Å²) in [6.07, 6.45) is 0.601. The fourth-order valence-electron chi connectivity index (χ4n) is 2.65. The van der Waals surface area contributed by atoms with Gasteiger partial charge in [-0.1, -0.05) is 18.2 Å². The first-order valence-electron chi connectivity index (χ1n) is 7.92. The molecule has 0 heterocycles. The van der Waals surface area contributed by atoms with Crippen LogP contribution in [0.3, 0.4) is 0 Å². The molecule has 0 saturated carbocycles. The summed E-state index contributed by atoms with van der Waals surface area (Å²) in [5.41, 5.74) is 20.8. The van der Waals surface area contributed by atoms with Crippen LogP contribution < -0.4 is 33.7 Å². The first kappa shape index (κ1) is 21.7. The molecule has 0 unspecified atom stereocenters. The van der Waals surface area contributed by atoms with Gasteiger partial charge < -0.3 is 17.2 Å². The number of hydrazone groups is 1. The van der Waals surface area contributed by atoms with Crippen molar-refractivity contribution in [1.82, 2.24) is 5.53 Å². The van der Waals surface area contributed by atoms with Gasteiger partial charge in [-0.3, -0.25) is 4.79 Å². The van der Waals surface area contributed by atoms with Gasteiger partial charge in [0.05, 0.1) is 5.69 Å². The number of nitrogens with one attached hydrogen (secondary N) is 1. The van der Waals surface area contributed by atoms with Crippen molar-refractivity contribution in [3.63, 3.8) is 0 Å². The number of nitrogen functional groups attached to an aromatic ring is 1. The number of carbonyl (C=O) groups is 1. The van der Waals surface area contributed by atoms with Gasteiger partial charge >= 0.3 is 0 Å². The van der Waals surface area contributed by atoms with Crippen LogP contribution in [0, 0.1) is 0 Å². The molecule has 0 saturated heterocycles. The fourth-order valence-corrected chi connectivity index (χ4v) is 4.76. The molecule has 28 heavy (non-hydrogen) atoms. The van der Waals surface area contributed by atoms with Crippen molar-refractivity contribution < 1.29 is 13.2 Å². The highest BCUT2D eigenvalue weighted by molar-refractivity contribution is 8.00. The average molecular weight is 424 g/mol. The zero-order valence-electron chi connectivity index (χ0n) is 14.8. The van der Waals surface area contributed by atoms with Gasteiger partial charge in [0.2, 0.25) is 10.0 Å². The highest BCUT2D eigenvalue weighted by Gasteiger charge is 2.26. The molecule has 0 aliphatic rings. The van der Waals surface area contributed by atoms with Crippen molar-refractivity contribution in [2.45, 2.75) is 9.79 Å².